The number of H-pyrrole nitrogens is 1. The molecule has 0 aromatic carbocycles. The molecule has 0 atom stereocenters. The number of hydrogen-bond donors (Lipinski definition) is 3. The number of nitrogens with one attached hydrogen (secondary N) is 2. The van der Waals surface area contributed by atoms with Gasteiger partial charge in [-0.1, -0.05) is 11.3 Å². The van der Waals surface area contributed by atoms with Gasteiger partial charge in [0.05, 0.1) is 6.54 Å². The Morgan fingerprint density at radius 1 is 1.92 bits per heavy atom. The molecule has 0 saturated carbocycles. The van der Waals surface area contributed by atoms with E-state index in [4.69, 9.17) is 5.73 Å². The smallest absolute Gasteiger partial charge is 0.304 e. The molecule has 1 rings (SSSR count). The van der Waals surface area contributed by atoms with Gasteiger partial charge in [-0.15, -0.1) is 0 Å². The Bertz CT molecular complexity index is 326. The zero-order valence-electron chi connectivity index (χ0n) is 6.63. The van der Waals surface area contributed by atoms with Crippen LogP contribution in [-0.4, -0.2) is 18.0 Å². The summed E-state index contributed by atoms with van der Waals surface area (Å²) in [6, 6.07) is 0. The largest absolute Gasteiger partial charge is 0.370 e. The van der Waals surface area contributed by atoms with Crippen molar-refractivity contribution in [2.24, 2.45) is 10.7 Å². The summed E-state index contributed by atoms with van der Waals surface area (Å²) in [5.41, 5.74) is 6.19. The number of guanidine groups is 1. The maximum atomic E-state index is 10.7. The number of hydrogen-bond acceptors (Lipinski definition) is 3. The van der Waals surface area contributed by atoms with E-state index < -0.39 is 0 Å². The van der Waals surface area contributed by atoms with Crippen LogP contribution in [0.15, 0.2) is 15.2 Å². The minimum Gasteiger partial charge on any atom is -0.370 e. The van der Waals surface area contributed by atoms with E-state index in [0.717, 1.165) is 17.0 Å². The fraction of sp³-hybridized carbons (Fsp3) is 0.333. The van der Waals surface area contributed by atoms with E-state index in [1.807, 2.05) is 0 Å². The van der Waals surface area contributed by atoms with E-state index in [1.54, 1.807) is 12.4 Å². The van der Waals surface area contributed by atoms with Crippen LogP contribution in [0.3, 0.4) is 0 Å². The van der Waals surface area contributed by atoms with Crippen LogP contribution in [0.25, 0.3) is 0 Å². The third-order valence-electron chi connectivity index (χ3n) is 1.27. The molecule has 0 aliphatic heterocycles. The maximum Gasteiger partial charge on any atom is 0.304 e. The number of aromatic nitrogens is 1. The minimum absolute atomic E-state index is 0.0567. The van der Waals surface area contributed by atoms with Gasteiger partial charge in [0.1, 0.15) is 0 Å². The van der Waals surface area contributed by atoms with Crippen LogP contribution >= 0.6 is 11.3 Å². The number of rotatable bonds is 2. The summed E-state index contributed by atoms with van der Waals surface area (Å²) in [6.07, 6.45) is 0. The van der Waals surface area contributed by atoms with Crippen molar-refractivity contribution in [1.82, 2.24) is 10.3 Å². The molecule has 0 fully saturated rings. The monoisotopic (exact) mass is 186 g/mol. The second kappa shape index (κ2) is 3.91. The van der Waals surface area contributed by atoms with Gasteiger partial charge >= 0.3 is 4.87 Å². The maximum absolute atomic E-state index is 10.7. The molecule has 0 unspecified atom stereocenters. The van der Waals surface area contributed by atoms with E-state index in [2.05, 4.69) is 15.3 Å². The van der Waals surface area contributed by atoms with Crippen molar-refractivity contribution in [1.29, 1.82) is 0 Å². The first-order chi connectivity index (χ1) is 5.72. The van der Waals surface area contributed by atoms with E-state index in [0.29, 0.717) is 12.5 Å². The number of nitrogens with two attached hydrogens (primary N) is 1. The molecule has 1 aromatic rings. The molecular formula is C6H10N4OS. The standard InChI is InChI=1S/C6H10N4OS/c1-8-5(7)9-2-4-3-12-6(11)10-4/h3H,2H2,1H3,(H,10,11)(H3,7,8,9). The predicted molar refractivity (Wildman–Crippen MR) is 49.3 cm³/mol. The second-order valence-electron chi connectivity index (χ2n) is 2.14. The highest BCUT2D eigenvalue weighted by Crippen LogP contribution is 1.93. The van der Waals surface area contributed by atoms with E-state index in [1.165, 1.54) is 0 Å². The van der Waals surface area contributed by atoms with Gasteiger partial charge in [0.15, 0.2) is 5.96 Å². The van der Waals surface area contributed by atoms with Gasteiger partial charge in [0.25, 0.3) is 0 Å². The Hall–Kier alpha value is -1.30. The Kier molecular flexibility index (Phi) is 2.87. The summed E-state index contributed by atoms with van der Waals surface area (Å²) >= 11 is 1.13. The quantitative estimate of drug-likeness (QED) is 0.429. The lowest BCUT2D eigenvalue weighted by molar-refractivity contribution is 0.868. The highest BCUT2D eigenvalue weighted by molar-refractivity contribution is 7.07. The molecule has 6 heteroatoms. The fourth-order valence-electron chi connectivity index (χ4n) is 0.665. The lowest BCUT2D eigenvalue weighted by atomic mass is 10.5. The van der Waals surface area contributed by atoms with Crippen LogP contribution in [0, 0.1) is 0 Å². The lowest BCUT2D eigenvalue weighted by Crippen LogP contribution is -2.30. The van der Waals surface area contributed by atoms with Gasteiger partial charge in [-0.3, -0.25) is 9.79 Å². The van der Waals surface area contributed by atoms with Crippen LogP contribution in [0.4, 0.5) is 0 Å². The molecule has 0 bridgehead atoms. The number of nitrogens with zero attached hydrogens (tertiary/aromatic N) is 1. The van der Waals surface area contributed by atoms with Crippen molar-refractivity contribution >= 4 is 17.3 Å². The molecule has 0 amide bonds. The van der Waals surface area contributed by atoms with Crippen LogP contribution in [0.2, 0.25) is 0 Å². The van der Waals surface area contributed by atoms with Crippen LogP contribution in [-0.2, 0) is 6.54 Å². The van der Waals surface area contributed by atoms with E-state index in [9.17, 15) is 4.79 Å². The highest BCUT2D eigenvalue weighted by Gasteiger charge is 1.95. The Morgan fingerprint density at radius 3 is 3.17 bits per heavy atom. The number of aliphatic imine (C=N–C) groups is 1. The molecule has 0 radical (unpaired) electrons. The van der Waals surface area contributed by atoms with Gasteiger partial charge < -0.3 is 16.0 Å². The third kappa shape index (κ3) is 2.39. The summed E-state index contributed by atoms with van der Waals surface area (Å²) in [7, 11) is 1.60. The van der Waals surface area contributed by atoms with Crippen molar-refractivity contribution in [3.8, 4) is 0 Å². The molecule has 0 aliphatic rings. The zero-order chi connectivity index (χ0) is 8.97. The zero-order valence-corrected chi connectivity index (χ0v) is 7.44. The van der Waals surface area contributed by atoms with E-state index in [-0.39, 0.29) is 4.87 Å². The van der Waals surface area contributed by atoms with Gasteiger partial charge in [-0.05, 0) is 0 Å². The normalized spacial score (nSPS) is 11.6. The van der Waals surface area contributed by atoms with Gasteiger partial charge in [-0.25, -0.2) is 0 Å². The lowest BCUT2D eigenvalue weighted by Gasteiger charge is -2.00. The Morgan fingerprint density at radius 2 is 2.67 bits per heavy atom. The number of aromatic amines is 1. The van der Waals surface area contributed by atoms with Crippen molar-refractivity contribution in [3.05, 3.63) is 20.7 Å². The third-order valence-corrected chi connectivity index (χ3v) is 1.99. The van der Waals surface area contributed by atoms with Crippen LogP contribution < -0.4 is 15.9 Å². The predicted octanol–water partition coefficient (Wildman–Crippen LogP) is -0.529. The molecular weight excluding hydrogens is 176 g/mol. The van der Waals surface area contributed by atoms with Gasteiger partial charge in [0.2, 0.25) is 0 Å². The number of thiazole rings is 1. The SMILES string of the molecule is CN=C(N)NCc1csc(=O)[nH]1. The molecule has 12 heavy (non-hydrogen) atoms. The topological polar surface area (TPSA) is 83.3 Å². The first-order valence-electron chi connectivity index (χ1n) is 3.35. The van der Waals surface area contributed by atoms with Gasteiger partial charge in [-0.2, -0.15) is 0 Å². The van der Waals surface area contributed by atoms with Crippen molar-refractivity contribution in [2.45, 2.75) is 6.54 Å². The molecule has 5 nitrogen and oxygen atoms in total. The van der Waals surface area contributed by atoms with Crippen LogP contribution in [0.5, 0.6) is 0 Å². The first-order valence-corrected chi connectivity index (χ1v) is 4.23. The summed E-state index contributed by atoms with van der Waals surface area (Å²) < 4.78 is 0. The van der Waals surface area contributed by atoms with Crippen molar-refractivity contribution in [3.63, 3.8) is 0 Å². The Balaban J connectivity index is 2.49. The summed E-state index contributed by atoms with van der Waals surface area (Å²) in [5.74, 6) is 0.363. The molecule has 1 aromatic heterocycles. The fourth-order valence-corrected chi connectivity index (χ4v) is 1.25. The molecule has 1 heterocycles. The van der Waals surface area contributed by atoms with E-state index >= 15 is 0 Å². The molecule has 0 saturated heterocycles. The Labute approximate surface area is 73.3 Å². The van der Waals surface area contributed by atoms with Crippen LogP contribution in [0.1, 0.15) is 5.69 Å². The van der Waals surface area contributed by atoms with Crippen molar-refractivity contribution in [2.75, 3.05) is 7.05 Å². The molecule has 0 spiro atoms. The average Bonchev–Trinajstić information content (AvgIpc) is 2.47. The summed E-state index contributed by atoms with van der Waals surface area (Å²) in [4.78, 5) is 17.0. The molecule has 4 N–H and O–H groups in total. The average molecular weight is 186 g/mol. The molecule has 66 valence electrons. The van der Waals surface area contributed by atoms with Gasteiger partial charge in [0, 0.05) is 18.1 Å². The minimum atomic E-state index is -0.0567. The van der Waals surface area contributed by atoms with Crippen molar-refractivity contribution < 1.29 is 0 Å². The molecule has 0 aliphatic carbocycles. The first kappa shape index (κ1) is 8.79. The summed E-state index contributed by atoms with van der Waals surface area (Å²) in [5, 5.41) is 4.57. The highest BCUT2D eigenvalue weighted by atomic mass is 32.1. The summed E-state index contributed by atoms with van der Waals surface area (Å²) in [6.45, 7) is 0.502. The second-order valence-corrected chi connectivity index (χ2v) is 2.98.